The number of aliphatic hydroxyl groups excluding tert-OH is 1. The van der Waals surface area contributed by atoms with Crippen LogP contribution in [0.3, 0.4) is 0 Å². The van der Waals surface area contributed by atoms with Gasteiger partial charge in [0.25, 0.3) is 0 Å². The zero-order valence-electron chi connectivity index (χ0n) is 8.30. The average molecular weight is 226 g/mol. The molecule has 2 N–H and O–H groups in total. The maximum atomic E-state index is 10.3. The number of hydrogen-bond donors (Lipinski definition) is 2. The van der Waals surface area contributed by atoms with Crippen molar-refractivity contribution < 1.29 is 15.0 Å². The molecule has 1 aromatic rings. The second kappa shape index (κ2) is 6.48. The molecule has 0 aliphatic rings. The highest BCUT2D eigenvalue weighted by molar-refractivity contribution is 7.98. The highest BCUT2D eigenvalue weighted by Gasteiger charge is 2.07. The van der Waals surface area contributed by atoms with Crippen LogP contribution in [0.4, 0.5) is 0 Å². The molecule has 0 heterocycles. The van der Waals surface area contributed by atoms with E-state index in [4.69, 9.17) is 5.11 Å². The highest BCUT2D eigenvalue weighted by atomic mass is 32.2. The van der Waals surface area contributed by atoms with Gasteiger partial charge >= 0.3 is 5.97 Å². The maximum Gasteiger partial charge on any atom is 0.303 e. The highest BCUT2D eigenvalue weighted by Crippen LogP contribution is 2.19. The van der Waals surface area contributed by atoms with Gasteiger partial charge in [0.2, 0.25) is 0 Å². The van der Waals surface area contributed by atoms with Crippen LogP contribution in [0.25, 0.3) is 0 Å². The minimum atomic E-state index is -0.866. The standard InChI is InChI=1S/C11H14O3S/c12-10(13)6-7-11(14)15-8-9-4-2-1-3-5-9/h1-5,11,14H,6-8H2,(H,12,13). The van der Waals surface area contributed by atoms with E-state index in [-0.39, 0.29) is 6.42 Å². The van der Waals surface area contributed by atoms with E-state index < -0.39 is 11.4 Å². The van der Waals surface area contributed by atoms with Gasteiger partial charge in [-0.25, -0.2) is 0 Å². The van der Waals surface area contributed by atoms with Crippen molar-refractivity contribution in [2.75, 3.05) is 0 Å². The van der Waals surface area contributed by atoms with Crippen LogP contribution in [-0.2, 0) is 10.5 Å². The van der Waals surface area contributed by atoms with Gasteiger partial charge in [0, 0.05) is 12.2 Å². The van der Waals surface area contributed by atoms with Crippen molar-refractivity contribution in [3.63, 3.8) is 0 Å². The third-order valence-electron chi connectivity index (χ3n) is 1.89. The molecule has 1 aromatic carbocycles. The van der Waals surface area contributed by atoms with E-state index in [1.54, 1.807) is 0 Å². The summed E-state index contributed by atoms with van der Waals surface area (Å²) in [6.45, 7) is 0. The van der Waals surface area contributed by atoms with Crippen molar-refractivity contribution in [3.8, 4) is 0 Å². The molecule has 0 bridgehead atoms. The van der Waals surface area contributed by atoms with Crippen LogP contribution in [0.15, 0.2) is 30.3 Å². The number of carboxylic acids is 1. The zero-order valence-corrected chi connectivity index (χ0v) is 9.11. The van der Waals surface area contributed by atoms with Crippen molar-refractivity contribution in [1.82, 2.24) is 0 Å². The molecule has 15 heavy (non-hydrogen) atoms. The van der Waals surface area contributed by atoms with Crippen LogP contribution in [0, 0.1) is 0 Å². The Labute approximate surface area is 93.1 Å². The lowest BCUT2D eigenvalue weighted by Crippen LogP contribution is -2.05. The maximum absolute atomic E-state index is 10.3. The van der Waals surface area contributed by atoms with Crippen LogP contribution in [0.2, 0.25) is 0 Å². The van der Waals surface area contributed by atoms with E-state index in [0.717, 1.165) is 5.56 Å². The number of carboxylic acid groups (broad SMARTS) is 1. The van der Waals surface area contributed by atoms with Gasteiger partial charge in [-0.2, -0.15) is 0 Å². The van der Waals surface area contributed by atoms with Crippen molar-refractivity contribution in [2.45, 2.75) is 24.0 Å². The Kier molecular flexibility index (Phi) is 5.21. The molecule has 0 radical (unpaired) electrons. The number of aliphatic hydroxyl groups is 1. The lowest BCUT2D eigenvalue weighted by molar-refractivity contribution is -0.137. The van der Waals surface area contributed by atoms with E-state index in [1.165, 1.54) is 11.8 Å². The molecule has 1 atom stereocenters. The minimum Gasteiger partial charge on any atom is -0.481 e. The van der Waals surface area contributed by atoms with Gasteiger partial charge in [-0.3, -0.25) is 4.79 Å². The SMILES string of the molecule is O=C(O)CCC(O)SCc1ccccc1. The van der Waals surface area contributed by atoms with Crippen LogP contribution in [0.5, 0.6) is 0 Å². The molecule has 0 saturated carbocycles. The second-order valence-corrected chi connectivity index (χ2v) is 4.35. The Morgan fingerprint density at radius 2 is 2.00 bits per heavy atom. The number of aliphatic carboxylic acids is 1. The van der Waals surface area contributed by atoms with Crippen LogP contribution < -0.4 is 0 Å². The van der Waals surface area contributed by atoms with Crippen LogP contribution >= 0.6 is 11.8 Å². The Bertz CT molecular complexity index is 300. The van der Waals surface area contributed by atoms with E-state index in [1.807, 2.05) is 30.3 Å². The van der Waals surface area contributed by atoms with Gasteiger partial charge in [0.05, 0.1) is 0 Å². The summed E-state index contributed by atoms with van der Waals surface area (Å²) in [6.07, 6.45) is 0.315. The largest absolute Gasteiger partial charge is 0.481 e. The van der Waals surface area contributed by atoms with Crippen molar-refractivity contribution in [1.29, 1.82) is 0 Å². The number of benzene rings is 1. The van der Waals surface area contributed by atoms with Gasteiger partial charge in [-0.15, -0.1) is 11.8 Å². The van der Waals surface area contributed by atoms with E-state index in [2.05, 4.69) is 0 Å². The molecule has 1 unspecified atom stereocenters. The molecule has 0 aliphatic heterocycles. The Balaban J connectivity index is 2.22. The summed E-state index contributed by atoms with van der Waals surface area (Å²) in [5.41, 5.74) is 0.540. The summed E-state index contributed by atoms with van der Waals surface area (Å²) in [5, 5.41) is 17.9. The lowest BCUT2D eigenvalue weighted by Gasteiger charge is -2.08. The monoisotopic (exact) mass is 226 g/mol. The molecule has 0 spiro atoms. The summed E-state index contributed by atoms with van der Waals surface area (Å²) in [6, 6.07) is 9.79. The third-order valence-corrected chi connectivity index (χ3v) is 3.01. The summed E-state index contributed by atoms with van der Waals surface area (Å²) >= 11 is 1.36. The number of hydrogen-bond acceptors (Lipinski definition) is 3. The molecule has 82 valence electrons. The fourth-order valence-corrected chi connectivity index (χ4v) is 1.96. The van der Waals surface area contributed by atoms with Gasteiger partial charge in [0.1, 0.15) is 5.44 Å². The summed E-state index contributed by atoms with van der Waals surface area (Å²) in [7, 11) is 0. The fourth-order valence-electron chi connectivity index (χ4n) is 1.10. The number of carbonyl (C=O) groups is 1. The van der Waals surface area contributed by atoms with Crippen molar-refractivity contribution in [2.24, 2.45) is 0 Å². The summed E-state index contributed by atoms with van der Waals surface area (Å²) in [4.78, 5) is 10.3. The van der Waals surface area contributed by atoms with Crippen LogP contribution in [0.1, 0.15) is 18.4 Å². The first kappa shape index (κ1) is 12.1. The summed E-state index contributed by atoms with van der Waals surface area (Å²) in [5.74, 6) is -0.156. The van der Waals surface area contributed by atoms with Gasteiger partial charge in [-0.05, 0) is 12.0 Å². The molecule has 0 saturated heterocycles. The molecular weight excluding hydrogens is 212 g/mol. The van der Waals surface area contributed by atoms with Crippen molar-refractivity contribution in [3.05, 3.63) is 35.9 Å². The van der Waals surface area contributed by atoms with E-state index in [0.29, 0.717) is 12.2 Å². The van der Waals surface area contributed by atoms with E-state index >= 15 is 0 Å². The van der Waals surface area contributed by atoms with Gasteiger partial charge < -0.3 is 10.2 Å². The second-order valence-electron chi connectivity index (χ2n) is 3.18. The first-order valence-electron chi connectivity index (χ1n) is 4.74. The van der Waals surface area contributed by atoms with Crippen molar-refractivity contribution >= 4 is 17.7 Å². The average Bonchev–Trinajstić information content (AvgIpc) is 2.25. The predicted molar refractivity (Wildman–Crippen MR) is 60.6 cm³/mol. The first-order chi connectivity index (χ1) is 7.18. The minimum absolute atomic E-state index is 0.0168. The molecule has 4 heteroatoms. The molecular formula is C11H14O3S. The Morgan fingerprint density at radius 1 is 1.33 bits per heavy atom. The number of thioether (sulfide) groups is 1. The predicted octanol–water partition coefficient (Wildman–Crippen LogP) is 2.10. The Morgan fingerprint density at radius 3 is 2.60 bits per heavy atom. The number of rotatable bonds is 6. The fraction of sp³-hybridized carbons (Fsp3) is 0.364. The van der Waals surface area contributed by atoms with Crippen LogP contribution in [-0.4, -0.2) is 21.6 Å². The normalized spacial score (nSPS) is 12.3. The van der Waals surface area contributed by atoms with Gasteiger partial charge in [0.15, 0.2) is 0 Å². The van der Waals surface area contributed by atoms with E-state index in [9.17, 15) is 9.90 Å². The quantitative estimate of drug-likeness (QED) is 0.729. The third kappa shape index (κ3) is 5.44. The molecule has 0 amide bonds. The molecule has 3 nitrogen and oxygen atoms in total. The molecule has 0 aliphatic carbocycles. The lowest BCUT2D eigenvalue weighted by atomic mass is 10.2. The Hall–Kier alpha value is -1.00. The topological polar surface area (TPSA) is 57.5 Å². The molecule has 1 rings (SSSR count). The summed E-state index contributed by atoms with van der Waals surface area (Å²) < 4.78 is 0. The van der Waals surface area contributed by atoms with Gasteiger partial charge in [-0.1, -0.05) is 30.3 Å². The molecule has 0 fully saturated rings. The first-order valence-corrected chi connectivity index (χ1v) is 5.79. The zero-order chi connectivity index (χ0) is 11.1. The molecule has 0 aromatic heterocycles. The smallest absolute Gasteiger partial charge is 0.303 e.